The minimum atomic E-state index is -0.302. The van der Waals surface area contributed by atoms with Gasteiger partial charge in [0.2, 0.25) is 0 Å². The summed E-state index contributed by atoms with van der Waals surface area (Å²) in [5.41, 5.74) is 16.2. The Morgan fingerprint density at radius 1 is 0.390 bits per heavy atom. The molecule has 13 rings (SSSR count). The highest BCUT2D eigenvalue weighted by Crippen LogP contribution is 2.44. The molecule has 0 bridgehead atoms. The third-order valence-electron chi connectivity index (χ3n) is 12.3. The molecule has 274 valence electrons. The van der Waals surface area contributed by atoms with Crippen molar-refractivity contribution in [3.8, 4) is 67.4 Å². The predicted octanol–water partition coefficient (Wildman–Crippen LogP) is 13.0. The fraction of sp³-hybridized carbons (Fsp3) is 0. The van der Waals surface area contributed by atoms with Crippen molar-refractivity contribution in [1.82, 2.24) is 4.57 Å². The van der Waals surface area contributed by atoms with Crippen molar-refractivity contribution in [3.63, 3.8) is 0 Å². The minimum Gasteiger partial charge on any atom is -0.551 e. The van der Waals surface area contributed by atoms with Gasteiger partial charge < -0.3 is 18.4 Å². The number of fused-ring (bicyclic) bond motifs is 10. The van der Waals surface area contributed by atoms with Gasteiger partial charge in [0, 0.05) is 43.7 Å². The number of rotatable bonds is 4. The van der Waals surface area contributed by atoms with Crippen LogP contribution >= 0.6 is 0 Å². The van der Waals surface area contributed by atoms with Crippen molar-refractivity contribution in [1.29, 1.82) is 0 Å². The van der Waals surface area contributed by atoms with Gasteiger partial charge >= 0.3 is 6.92 Å². The molecular weight excluding hydrogens is 721 g/mol. The average molecular weight is 754 g/mol. The van der Waals surface area contributed by atoms with Gasteiger partial charge in [-0.1, -0.05) is 127 Å². The number of hydrogen-bond acceptors (Lipinski definition) is 3. The van der Waals surface area contributed by atoms with Crippen molar-refractivity contribution in [2.75, 3.05) is 0 Å². The van der Waals surface area contributed by atoms with E-state index in [1.54, 1.807) is 0 Å². The second kappa shape index (κ2) is 12.4. The normalized spacial score (nSPS) is 12.6. The van der Waals surface area contributed by atoms with Crippen molar-refractivity contribution < 1.29 is 13.8 Å². The molecule has 0 radical (unpaired) electrons. The van der Waals surface area contributed by atoms with Gasteiger partial charge in [0.1, 0.15) is 28.4 Å². The first-order valence-corrected chi connectivity index (χ1v) is 20.1. The lowest BCUT2D eigenvalue weighted by Gasteiger charge is -2.33. The number of furan rings is 1. The van der Waals surface area contributed by atoms with Gasteiger partial charge in [0.05, 0.1) is 11.0 Å². The van der Waals surface area contributed by atoms with Crippen LogP contribution in [0.3, 0.4) is 0 Å². The van der Waals surface area contributed by atoms with E-state index < -0.39 is 0 Å². The smallest absolute Gasteiger partial charge is 0.434 e. The van der Waals surface area contributed by atoms with Crippen molar-refractivity contribution in [2.45, 2.75) is 0 Å². The molecule has 0 saturated heterocycles. The summed E-state index contributed by atoms with van der Waals surface area (Å²) in [5.74, 6) is 2.49. The van der Waals surface area contributed by atoms with Crippen molar-refractivity contribution in [3.05, 3.63) is 194 Å². The van der Waals surface area contributed by atoms with Crippen LogP contribution in [-0.4, -0.2) is 11.5 Å². The van der Waals surface area contributed by atoms with Crippen LogP contribution in [0.15, 0.2) is 199 Å². The highest BCUT2D eigenvalue weighted by Gasteiger charge is 2.41. The fourth-order valence-electron chi connectivity index (χ4n) is 9.61. The highest BCUT2D eigenvalue weighted by atomic mass is 16.5. The highest BCUT2D eigenvalue weighted by molar-refractivity contribution is 6.84. The fourth-order valence-corrected chi connectivity index (χ4v) is 9.61. The van der Waals surface area contributed by atoms with Crippen LogP contribution in [0.5, 0.6) is 17.2 Å². The summed E-state index contributed by atoms with van der Waals surface area (Å²) >= 11 is 0. The Hall–Kier alpha value is -7.76. The van der Waals surface area contributed by atoms with Gasteiger partial charge in [-0.3, -0.25) is 0 Å². The van der Waals surface area contributed by atoms with E-state index in [1.165, 1.54) is 21.8 Å². The van der Waals surface area contributed by atoms with E-state index in [4.69, 9.17) is 13.8 Å². The van der Waals surface area contributed by atoms with Gasteiger partial charge in [-0.2, -0.15) is 0 Å². The molecule has 0 fully saturated rings. The van der Waals surface area contributed by atoms with Crippen LogP contribution in [0.4, 0.5) is 0 Å². The Morgan fingerprint density at radius 2 is 1.03 bits per heavy atom. The van der Waals surface area contributed by atoms with E-state index in [9.17, 15) is 0 Å². The van der Waals surface area contributed by atoms with Crippen LogP contribution < -0.4 is 20.3 Å². The zero-order valence-corrected chi connectivity index (χ0v) is 31.7. The summed E-state index contributed by atoms with van der Waals surface area (Å²) in [7, 11) is 0. The maximum absolute atomic E-state index is 6.99. The zero-order chi connectivity index (χ0) is 38.6. The topological polar surface area (TPSA) is 36.5 Å². The Bertz CT molecular complexity index is 3490. The van der Waals surface area contributed by atoms with Crippen molar-refractivity contribution >= 4 is 61.6 Å². The third kappa shape index (κ3) is 4.85. The Kier molecular flexibility index (Phi) is 6.78. The van der Waals surface area contributed by atoms with E-state index in [-0.39, 0.29) is 6.92 Å². The third-order valence-corrected chi connectivity index (χ3v) is 12.3. The molecule has 2 aromatic heterocycles. The molecule has 4 heterocycles. The van der Waals surface area contributed by atoms with E-state index in [0.29, 0.717) is 0 Å². The summed E-state index contributed by atoms with van der Waals surface area (Å²) in [6.07, 6.45) is 0. The molecule has 4 nitrogen and oxygen atoms in total. The summed E-state index contributed by atoms with van der Waals surface area (Å²) in [5, 5.41) is 4.75. The molecule has 59 heavy (non-hydrogen) atoms. The Labute approximate surface area is 340 Å². The summed E-state index contributed by atoms with van der Waals surface area (Å²) in [6, 6.07) is 68.9. The van der Waals surface area contributed by atoms with Gasteiger partial charge in [0.15, 0.2) is 0 Å². The maximum Gasteiger partial charge on any atom is 0.434 e. The van der Waals surface area contributed by atoms with E-state index in [1.807, 2.05) is 18.2 Å². The summed E-state index contributed by atoms with van der Waals surface area (Å²) < 4.78 is 22.5. The molecule has 0 atom stereocenters. The van der Waals surface area contributed by atoms with Crippen LogP contribution in [0, 0.1) is 0 Å². The second-order valence-corrected chi connectivity index (χ2v) is 15.6. The van der Waals surface area contributed by atoms with Crippen LogP contribution in [0.25, 0.3) is 93.9 Å². The first-order chi connectivity index (χ1) is 29.2. The summed E-state index contributed by atoms with van der Waals surface area (Å²) in [4.78, 5) is 0. The van der Waals surface area contributed by atoms with Crippen LogP contribution in [0.2, 0.25) is 0 Å². The zero-order valence-electron chi connectivity index (χ0n) is 31.7. The van der Waals surface area contributed by atoms with E-state index in [2.05, 4.69) is 180 Å². The lowest BCUT2D eigenvalue weighted by atomic mass is 9.50. The molecule has 2 aliphatic rings. The molecule has 5 heteroatoms. The minimum absolute atomic E-state index is 0.302. The molecule has 0 spiro atoms. The number of para-hydroxylation sites is 4. The average Bonchev–Trinajstić information content (AvgIpc) is 3.85. The molecule has 9 aromatic carbocycles. The van der Waals surface area contributed by atoms with E-state index >= 15 is 0 Å². The quantitative estimate of drug-likeness (QED) is 0.168. The van der Waals surface area contributed by atoms with Crippen LogP contribution in [0.1, 0.15) is 0 Å². The lowest BCUT2D eigenvalue weighted by molar-refractivity contribution is 0.480. The molecule has 2 aliphatic heterocycles. The second-order valence-electron chi connectivity index (χ2n) is 15.6. The lowest BCUT2D eigenvalue weighted by Crippen LogP contribution is -2.53. The molecule has 11 aromatic rings. The first kappa shape index (κ1) is 32.3. The standard InChI is InChI=1S/C54H32BNO3/c1-5-21-46-40(16-1)41-17-2-6-22-47(41)56(46)38-15-10-13-34(29-38)35-26-27-45-51(31-35)58-52-32-37(30-44-42-18-3-8-24-49(42)59-55(45)54(44)52)33-12-9-14-36(28-33)39-20-11-25-50-53(39)43-19-4-7-23-48(43)57-50/h1-32H. The molecule has 0 amide bonds. The number of hydrogen-bond donors (Lipinski definition) is 0. The van der Waals surface area contributed by atoms with E-state index in [0.717, 1.165) is 100 Å². The Morgan fingerprint density at radius 3 is 1.90 bits per heavy atom. The number of benzene rings is 9. The molecule has 0 unspecified atom stereocenters. The molecular formula is C54H32BNO3. The molecule has 0 saturated carbocycles. The van der Waals surface area contributed by atoms with Crippen LogP contribution in [-0.2, 0) is 0 Å². The van der Waals surface area contributed by atoms with Gasteiger partial charge in [-0.15, -0.1) is 0 Å². The SMILES string of the molecule is c1cc(-c2cc3c4c(c2)-c2ccccc2OB4c2ccc(-c4cccc(-n5c6ccccc6c6ccccc65)c4)cc2O3)cc(-c2cccc3oc4ccccc4c23)c1. The number of nitrogens with zero attached hydrogens (tertiary/aromatic N) is 1. The van der Waals surface area contributed by atoms with Gasteiger partial charge in [-0.25, -0.2) is 0 Å². The first-order valence-electron chi connectivity index (χ1n) is 20.1. The monoisotopic (exact) mass is 753 g/mol. The Balaban J connectivity index is 0.932. The predicted molar refractivity (Wildman–Crippen MR) is 242 cm³/mol. The van der Waals surface area contributed by atoms with Gasteiger partial charge in [0.25, 0.3) is 0 Å². The maximum atomic E-state index is 6.99. The number of aromatic nitrogens is 1. The van der Waals surface area contributed by atoms with Gasteiger partial charge in [-0.05, 0) is 106 Å². The number of ether oxygens (including phenoxy) is 1. The molecule has 0 N–H and O–H groups in total. The largest absolute Gasteiger partial charge is 0.551 e. The summed E-state index contributed by atoms with van der Waals surface area (Å²) in [6.45, 7) is -0.302. The van der Waals surface area contributed by atoms with Crippen molar-refractivity contribution in [2.24, 2.45) is 0 Å². The molecule has 0 aliphatic carbocycles.